The maximum Gasteiger partial charge on any atom is 0.292 e. The molecule has 0 saturated carbocycles. The first-order chi connectivity index (χ1) is 7.41. The Morgan fingerprint density at radius 2 is 2.25 bits per heavy atom. The highest BCUT2D eigenvalue weighted by molar-refractivity contribution is 6.30. The summed E-state index contributed by atoms with van der Waals surface area (Å²) in [6.45, 7) is 3.68. The molecule has 0 aliphatic carbocycles. The number of aromatic nitrogens is 1. The third kappa shape index (κ3) is 3.15. The standard InChI is InChI=1S/C10H13ClN2O3/c1-6(2)10(14)4-8-9(13(15)16)3-7(11)5-12-8/h3,5-6,10,14H,4H2,1-2H3. The number of nitrogens with zero attached hydrogens (tertiary/aromatic N) is 2. The van der Waals surface area contributed by atoms with Gasteiger partial charge in [-0.25, -0.2) is 0 Å². The van der Waals surface area contributed by atoms with E-state index in [1.165, 1.54) is 12.3 Å². The van der Waals surface area contributed by atoms with E-state index < -0.39 is 11.0 Å². The molecule has 0 aromatic carbocycles. The molecule has 1 unspecified atom stereocenters. The molecule has 0 aliphatic heterocycles. The van der Waals surface area contributed by atoms with Crippen molar-refractivity contribution in [2.45, 2.75) is 26.4 Å². The Balaban J connectivity index is 2.99. The first kappa shape index (κ1) is 12.9. The number of aliphatic hydroxyl groups is 1. The first-order valence-electron chi connectivity index (χ1n) is 4.88. The van der Waals surface area contributed by atoms with E-state index in [-0.39, 0.29) is 28.7 Å². The van der Waals surface area contributed by atoms with Crippen molar-refractivity contribution in [1.82, 2.24) is 4.98 Å². The molecule has 1 atom stereocenters. The van der Waals surface area contributed by atoms with E-state index in [4.69, 9.17) is 11.6 Å². The van der Waals surface area contributed by atoms with Gasteiger partial charge in [0.15, 0.2) is 0 Å². The van der Waals surface area contributed by atoms with Crippen molar-refractivity contribution in [2.24, 2.45) is 5.92 Å². The summed E-state index contributed by atoms with van der Waals surface area (Å²) in [5, 5.41) is 20.6. The van der Waals surface area contributed by atoms with Crippen LogP contribution < -0.4 is 0 Å². The number of aliphatic hydroxyl groups excluding tert-OH is 1. The quantitative estimate of drug-likeness (QED) is 0.651. The number of pyridine rings is 1. The highest BCUT2D eigenvalue weighted by Gasteiger charge is 2.20. The number of nitro groups is 1. The molecule has 16 heavy (non-hydrogen) atoms. The van der Waals surface area contributed by atoms with E-state index >= 15 is 0 Å². The summed E-state index contributed by atoms with van der Waals surface area (Å²) < 4.78 is 0. The third-order valence-electron chi connectivity index (χ3n) is 2.28. The average Bonchev–Trinajstić information content (AvgIpc) is 2.20. The normalized spacial score (nSPS) is 12.8. The van der Waals surface area contributed by atoms with Crippen LogP contribution in [0.15, 0.2) is 12.3 Å². The van der Waals surface area contributed by atoms with E-state index in [1.54, 1.807) is 0 Å². The Kier molecular flexibility index (Phi) is 4.20. The van der Waals surface area contributed by atoms with Gasteiger partial charge >= 0.3 is 0 Å². The molecule has 1 N–H and O–H groups in total. The SMILES string of the molecule is CC(C)C(O)Cc1ncc(Cl)cc1[N+](=O)[O-]. The Hall–Kier alpha value is -1.20. The van der Waals surface area contributed by atoms with Crippen molar-refractivity contribution >= 4 is 17.3 Å². The average molecular weight is 245 g/mol. The van der Waals surface area contributed by atoms with Gasteiger partial charge < -0.3 is 5.11 Å². The zero-order valence-corrected chi connectivity index (χ0v) is 9.81. The highest BCUT2D eigenvalue weighted by Crippen LogP contribution is 2.23. The van der Waals surface area contributed by atoms with Crippen molar-refractivity contribution in [3.05, 3.63) is 33.1 Å². The molecule has 0 bridgehead atoms. The van der Waals surface area contributed by atoms with Crippen LogP contribution in [0.5, 0.6) is 0 Å². The molecule has 0 amide bonds. The molecule has 0 saturated heterocycles. The fourth-order valence-corrected chi connectivity index (χ4v) is 1.36. The lowest BCUT2D eigenvalue weighted by atomic mass is 10.0. The molecule has 1 aromatic heterocycles. The van der Waals surface area contributed by atoms with Gasteiger partial charge in [-0.15, -0.1) is 0 Å². The van der Waals surface area contributed by atoms with Crippen LogP contribution in [0.3, 0.4) is 0 Å². The van der Waals surface area contributed by atoms with E-state index in [9.17, 15) is 15.2 Å². The maximum atomic E-state index is 10.8. The van der Waals surface area contributed by atoms with Crippen molar-refractivity contribution in [2.75, 3.05) is 0 Å². The molecule has 0 aliphatic rings. The minimum atomic E-state index is -0.646. The summed E-state index contributed by atoms with van der Waals surface area (Å²) in [6, 6.07) is 1.25. The lowest BCUT2D eigenvalue weighted by molar-refractivity contribution is -0.386. The Bertz CT molecular complexity index is 396. The van der Waals surface area contributed by atoms with Crippen molar-refractivity contribution < 1.29 is 10.0 Å². The van der Waals surface area contributed by atoms with Crippen LogP contribution in [0.1, 0.15) is 19.5 Å². The number of hydrogen-bond donors (Lipinski definition) is 1. The molecule has 1 rings (SSSR count). The van der Waals surface area contributed by atoms with E-state index in [0.29, 0.717) is 0 Å². The summed E-state index contributed by atoms with van der Waals surface area (Å²) in [4.78, 5) is 14.1. The summed E-state index contributed by atoms with van der Waals surface area (Å²) in [7, 11) is 0. The topological polar surface area (TPSA) is 76.3 Å². The largest absolute Gasteiger partial charge is 0.392 e. The fourth-order valence-electron chi connectivity index (χ4n) is 1.21. The third-order valence-corrected chi connectivity index (χ3v) is 2.49. The van der Waals surface area contributed by atoms with Crippen LogP contribution in [-0.2, 0) is 6.42 Å². The first-order valence-corrected chi connectivity index (χ1v) is 5.26. The van der Waals surface area contributed by atoms with Gasteiger partial charge in [-0.2, -0.15) is 0 Å². The van der Waals surface area contributed by atoms with E-state index in [0.717, 1.165) is 0 Å². The summed E-state index contributed by atoms with van der Waals surface area (Å²) >= 11 is 5.63. The maximum absolute atomic E-state index is 10.8. The molecule has 0 fully saturated rings. The monoisotopic (exact) mass is 244 g/mol. The molecular weight excluding hydrogens is 232 g/mol. The lowest BCUT2D eigenvalue weighted by Gasteiger charge is -2.13. The predicted molar refractivity (Wildman–Crippen MR) is 60.5 cm³/mol. The minimum Gasteiger partial charge on any atom is -0.392 e. The summed E-state index contributed by atoms with van der Waals surface area (Å²) in [5.41, 5.74) is 0.114. The van der Waals surface area contributed by atoms with Crippen LogP contribution in [0, 0.1) is 16.0 Å². The van der Waals surface area contributed by atoms with Crippen molar-refractivity contribution in [3.8, 4) is 0 Å². The van der Waals surface area contributed by atoms with Crippen LogP contribution in [0.4, 0.5) is 5.69 Å². The molecule has 0 radical (unpaired) electrons. The molecule has 6 heteroatoms. The van der Waals surface area contributed by atoms with Crippen LogP contribution in [0.25, 0.3) is 0 Å². The Morgan fingerprint density at radius 1 is 1.62 bits per heavy atom. The van der Waals surface area contributed by atoms with E-state index in [1.807, 2.05) is 13.8 Å². The van der Waals surface area contributed by atoms with Crippen LogP contribution >= 0.6 is 11.6 Å². The van der Waals surface area contributed by atoms with Crippen molar-refractivity contribution in [1.29, 1.82) is 0 Å². The van der Waals surface area contributed by atoms with Gasteiger partial charge in [0.05, 0.1) is 16.0 Å². The van der Waals surface area contributed by atoms with Gasteiger partial charge in [-0.05, 0) is 5.92 Å². The minimum absolute atomic E-state index is 0.0251. The summed E-state index contributed by atoms with van der Waals surface area (Å²) in [6.07, 6.45) is 0.856. The summed E-state index contributed by atoms with van der Waals surface area (Å²) in [5.74, 6) is 0.0251. The van der Waals surface area contributed by atoms with Gasteiger partial charge in [0.25, 0.3) is 5.69 Å². The smallest absolute Gasteiger partial charge is 0.292 e. The number of hydrogen-bond acceptors (Lipinski definition) is 4. The van der Waals surface area contributed by atoms with Gasteiger partial charge in [0, 0.05) is 18.7 Å². The van der Waals surface area contributed by atoms with Gasteiger partial charge in [-0.3, -0.25) is 15.1 Å². The number of rotatable bonds is 4. The Morgan fingerprint density at radius 3 is 2.75 bits per heavy atom. The van der Waals surface area contributed by atoms with Gasteiger partial charge in [-0.1, -0.05) is 25.4 Å². The molecule has 88 valence electrons. The lowest BCUT2D eigenvalue weighted by Crippen LogP contribution is -2.19. The van der Waals surface area contributed by atoms with E-state index in [2.05, 4.69) is 4.98 Å². The Labute approximate surface area is 98.2 Å². The zero-order valence-electron chi connectivity index (χ0n) is 9.05. The van der Waals surface area contributed by atoms with Crippen molar-refractivity contribution in [3.63, 3.8) is 0 Å². The highest BCUT2D eigenvalue weighted by atomic mass is 35.5. The van der Waals surface area contributed by atoms with Gasteiger partial charge in [0.2, 0.25) is 0 Å². The second-order valence-corrected chi connectivity index (χ2v) is 4.33. The molecule has 1 heterocycles. The molecule has 0 spiro atoms. The zero-order chi connectivity index (χ0) is 12.3. The van der Waals surface area contributed by atoms with Crippen LogP contribution in [-0.4, -0.2) is 21.1 Å². The number of halogens is 1. The molecular formula is C10H13ClN2O3. The molecule has 5 nitrogen and oxygen atoms in total. The van der Waals surface area contributed by atoms with Crippen LogP contribution in [0.2, 0.25) is 5.02 Å². The van der Waals surface area contributed by atoms with Gasteiger partial charge in [0.1, 0.15) is 5.69 Å². The molecule has 1 aromatic rings. The second kappa shape index (κ2) is 5.23. The predicted octanol–water partition coefficient (Wildman–Crippen LogP) is 2.20. The fraction of sp³-hybridized carbons (Fsp3) is 0.500. The second-order valence-electron chi connectivity index (χ2n) is 3.89.